The summed E-state index contributed by atoms with van der Waals surface area (Å²) in [5.74, 6) is -0.849. The second-order valence-corrected chi connectivity index (χ2v) is 7.02. The van der Waals surface area contributed by atoms with Crippen molar-refractivity contribution < 1.29 is 22.5 Å². The van der Waals surface area contributed by atoms with Crippen molar-refractivity contribution in [2.24, 2.45) is 0 Å². The molecular weight excluding hydrogens is 413 g/mol. The Labute approximate surface area is 174 Å². The van der Waals surface area contributed by atoms with E-state index >= 15 is 0 Å². The molecule has 1 aliphatic heterocycles. The molecule has 1 unspecified atom stereocenters. The summed E-state index contributed by atoms with van der Waals surface area (Å²) in [7, 11) is 0. The number of fused-ring (bicyclic) bond motifs is 1. The Bertz CT molecular complexity index is 1180. The predicted octanol–water partition coefficient (Wildman–Crippen LogP) is 3.41. The average molecular weight is 430 g/mol. The van der Waals surface area contributed by atoms with E-state index in [9.17, 15) is 22.8 Å². The van der Waals surface area contributed by atoms with Crippen LogP contribution in [0.25, 0.3) is 11.4 Å². The molecule has 3 aromatic rings. The van der Waals surface area contributed by atoms with Crippen molar-refractivity contribution in [3.8, 4) is 11.4 Å². The van der Waals surface area contributed by atoms with Gasteiger partial charge >= 0.3 is 11.9 Å². The number of anilines is 2. The lowest BCUT2D eigenvalue weighted by Gasteiger charge is -2.37. The number of nitrogens with zero attached hydrogens (tertiary/aromatic N) is 2. The average Bonchev–Trinajstić information content (AvgIpc) is 3.18. The maximum atomic E-state index is 13.0. The first-order chi connectivity index (χ1) is 14.8. The van der Waals surface area contributed by atoms with Crippen LogP contribution in [0.4, 0.5) is 24.5 Å². The van der Waals surface area contributed by atoms with Crippen molar-refractivity contribution >= 4 is 17.3 Å². The molecule has 1 aliphatic rings. The Morgan fingerprint density at radius 2 is 2.00 bits per heavy atom. The molecule has 10 heteroatoms. The Morgan fingerprint density at radius 3 is 2.61 bits per heavy atom. The summed E-state index contributed by atoms with van der Waals surface area (Å²) >= 11 is 0. The van der Waals surface area contributed by atoms with Gasteiger partial charge in [-0.1, -0.05) is 23.9 Å². The summed E-state index contributed by atoms with van der Waals surface area (Å²) in [6.45, 7) is 3.78. The van der Waals surface area contributed by atoms with Gasteiger partial charge in [-0.05, 0) is 48.4 Å². The zero-order valence-electron chi connectivity index (χ0n) is 16.1. The van der Waals surface area contributed by atoms with E-state index in [1.54, 1.807) is 12.1 Å². The van der Waals surface area contributed by atoms with Gasteiger partial charge in [-0.2, -0.15) is 13.2 Å². The van der Waals surface area contributed by atoms with Gasteiger partial charge in [0, 0.05) is 23.5 Å². The Balaban J connectivity index is 1.80. The Hall–Kier alpha value is -3.82. The van der Waals surface area contributed by atoms with Gasteiger partial charge in [-0.15, -0.1) is 0 Å². The van der Waals surface area contributed by atoms with E-state index in [4.69, 9.17) is 0 Å². The van der Waals surface area contributed by atoms with E-state index < -0.39 is 17.5 Å². The van der Waals surface area contributed by atoms with E-state index in [2.05, 4.69) is 26.6 Å². The lowest BCUT2D eigenvalue weighted by molar-refractivity contribution is -0.137. The number of halogens is 3. The minimum atomic E-state index is -4.44. The third kappa shape index (κ3) is 4.09. The molecule has 160 valence electrons. The van der Waals surface area contributed by atoms with E-state index in [-0.39, 0.29) is 17.8 Å². The van der Waals surface area contributed by atoms with Crippen LogP contribution in [0.5, 0.6) is 0 Å². The molecule has 0 saturated heterocycles. The molecule has 1 aromatic heterocycles. The highest BCUT2D eigenvalue weighted by Gasteiger charge is 2.32. The highest BCUT2D eigenvalue weighted by Crippen LogP contribution is 2.39. The predicted molar refractivity (Wildman–Crippen MR) is 107 cm³/mol. The zero-order chi connectivity index (χ0) is 22.2. The van der Waals surface area contributed by atoms with Gasteiger partial charge in [0.05, 0.1) is 11.6 Å². The summed E-state index contributed by atoms with van der Waals surface area (Å²) in [6.07, 6.45) is -2.87. The number of amides is 1. The second kappa shape index (κ2) is 7.78. The SMILES string of the molecule is C=CC(=O)NC1Cc2c(-c3noc(=O)[nH]3)cccc2N(c2ccc(C(F)(F)F)cc2)C1. The quantitative estimate of drug-likeness (QED) is 0.619. The number of nitrogens with one attached hydrogen (secondary N) is 2. The molecule has 0 spiro atoms. The van der Waals surface area contributed by atoms with Gasteiger partial charge in [-0.25, -0.2) is 4.79 Å². The van der Waals surface area contributed by atoms with Gasteiger partial charge < -0.3 is 10.2 Å². The van der Waals surface area contributed by atoms with E-state index in [1.165, 1.54) is 12.1 Å². The van der Waals surface area contributed by atoms with E-state index in [0.29, 0.717) is 24.2 Å². The normalized spacial score (nSPS) is 16.0. The van der Waals surface area contributed by atoms with Crippen LogP contribution in [0.15, 0.2) is 64.4 Å². The number of carbonyl (C=O) groups is 1. The van der Waals surface area contributed by atoms with Crippen molar-refractivity contribution in [1.29, 1.82) is 0 Å². The number of H-pyrrole nitrogens is 1. The number of benzene rings is 2. The van der Waals surface area contributed by atoms with Gasteiger partial charge in [-0.3, -0.25) is 14.3 Å². The Morgan fingerprint density at radius 1 is 1.26 bits per heavy atom. The number of aromatic nitrogens is 2. The number of hydrogen-bond donors (Lipinski definition) is 2. The summed E-state index contributed by atoms with van der Waals surface area (Å²) in [4.78, 5) is 27.6. The van der Waals surface area contributed by atoms with Crippen LogP contribution in [-0.2, 0) is 17.4 Å². The van der Waals surface area contributed by atoms with Gasteiger partial charge in [0.1, 0.15) is 0 Å². The molecule has 0 fully saturated rings. The zero-order valence-corrected chi connectivity index (χ0v) is 16.1. The van der Waals surface area contributed by atoms with Crippen molar-refractivity contribution in [3.05, 3.63) is 76.8 Å². The molecule has 0 radical (unpaired) electrons. The van der Waals surface area contributed by atoms with Crippen LogP contribution in [0.1, 0.15) is 11.1 Å². The fraction of sp³-hybridized carbons (Fsp3) is 0.190. The molecule has 2 N–H and O–H groups in total. The topological polar surface area (TPSA) is 91.2 Å². The third-order valence-corrected chi connectivity index (χ3v) is 5.03. The molecule has 1 amide bonds. The highest BCUT2D eigenvalue weighted by molar-refractivity contribution is 5.87. The standard InChI is InChI=1S/C21H17F3N4O3/c1-2-18(29)25-13-10-16-15(19-26-20(30)31-27-19)4-3-5-17(16)28(11-13)14-8-6-12(7-9-14)21(22,23)24/h2-9,13H,1,10-11H2,(H,25,29)(H,26,27,30). The fourth-order valence-corrected chi connectivity index (χ4v) is 3.67. The molecule has 4 rings (SSSR count). The molecule has 0 bridgehead atoms. The lowest BCUT2D eigenvalue weighted by Crippen LogP contribution is -2.46. The third-order valence-electron chi connectivity index (χ3n) is 5.03. The number of aromatic amines is 1. The lowest BCUT2D eigenvalue weighted by atomic mass is 9.92. The first kappa shape index (κ1) is 20.5. The van der Waals surface area contributed by atoms with Gasteiger partial charge in [0.2, 0.25) is 5.91 Å². The van der Waals surface area contributed by atoms with Crippen LogP contribution in [0, 0.1) is 0 Å². The minimum Gasteiger partial charge on any atom is -0.348 e. The highest BCUT2D eigenvalue weighted by atomic mass is 19.4. The maximum Gasteiger partial charge on any atom is 0.439 e. The molecule has 1 atom stereocenters. The van der Waals surface area contributed by atoms with Crippen LogP contribution in [-0.4, -0.2) is 28.6 Å². The van der Waals surface area contributed by atoms with Crippen molar-refractivity contribution in [3.63, 3.8) is 0 Å². The summed E-state index contributed by atoms with van der Waals surface area (Å²) < 4.78 is 43.5. The van der Waals surface area contributed by atoms with Crippen LogP contribution < -0.4 is 16.0 Å². The van der Waals surface area contributed by atoms with Gasteiger partial charge in [0.25, 0.3) is 0 Å². The molecule has 0 saturated carbocycles. The van der Waals surface area contributed by atoms with E-state index in [0.717, 1.165) is 29.5 Å². The van der Waals surface area contributed by atoms with Crippen LogP contribution in [0.2, 0.25) is 0 Å². The minimum absolute atomic E-state index is 0.227. The fourth-order valence-electron chi connectivity index (χ4n) is 3.67. The van der Waals surface area contributed by atoms with Crippen molar-refractivity contribution in [1.82, 2.24) is 15.5 Å². The monoisotopic (exact) mass is 430 g/mol. The number of hydrogen-bond acceptors (Lipinski definition) is 5. The smallest absolute Gasteiger partial charge is 0.348 e. The summed E-state index contributed by atoms with van der Waals surface area (Å²) in [5.41, 5.74) is 1.85. The molecule has 2 aromatic carbocycles. The molecular formula is C21H17F3N4O3. The van der Waals surface area contributed by atoms with Gasteiger partial charge in [0.15, 0.2) is 5.82 Å². The number of rotatable bonds is 4. The molecule has 31 heavy (non-hydrogen) atoms. The number of carbonyl (C=O) groups excluding carboxylic acids is 1. The molecule has 7 nitrogen and oxygen atoms in total. The molecule has 2 heterocycles. The van der Waals surface area contributed by atoms with Crippen molar-refractivity contribution in [2.75, 3.05) is 11.4 Å². The van der Waals surface area contributed by atoms with Crippen molar-refractivity contribution in [2.45, 2.75) is 18.6 Å². The van der Waals surface area contributed by atoms with E-state index in [1.807, 2.05) is 11.0 Å². The first-order valence-corrected chi connectivity index (χ1v) is 9.32. The number of alkyl halides is 3. The van der Waals surface area contributed by atoms with Crippen LogP contribution >= 0.6 is 0 Å². The first-order valence-electron chi connectivity index (χ1n) is 9.32. The largest absolute Gasteiger partial charge is 0.439 e. The van der Waals surface area contributed by atoms with Crippen LogP contribution in [0.3, 0.4) is 0 Å². The maximum absolute atomic E-state index is 13.0. The molecule has 0 aliphatic carbocycles. The summed E-state index contributed by atoms with van der Waals surface area (Å²) in [6, 6.07) is 9.75. The summed E-state index contributed by atoms with van der Waals surface area (Å²) in [5, 5.41) is 6.58. The Kier molecular flexibility index (Phi) is 5.14. The second-order valence-electron chi connectivity index (χ2n) is 7.02.